The summed E-state index contributed by atoms with van der Waals surface area (Å²) in [6.07, 6.45) is 1.67. The van der Waals surface area contributed by atoms with Crippen molar-refractivity contribution in [1.82, 2.24) is 9.88 Å². The number of halogens is 1. The van der Waals surface area contributed by atoms with Crippen LogP contribution in [0, 0.1) is 24.0 Å². The molecule has 0 amide bonds. The van der Waals surface area contributed by atoms with E-state index in [0.717, 1.165) is 21.7 Å². The van der Waals surface area contributed by atoms with Gasteiger partial charge < -0.3 is 15.0 Å². The lowest BCUT2D eigenvalue weighted by atomic mass is 10.1. The number of hydrazone groups is 1. The summed E-state index contributed by atoms with van der Waals surface area (Å²) in [4.78, 5) is 22.1. The topological polar surface area (TPSA) is 96.0 Å². The van der Waals surface area contributed by atoms with Crippen LogP contribution in [-0.2, 0) is 6.54 Å². The van der Waals surface area contributed by atoms with E-state index in [1.54, 1.807) is 6.20 Å². The van der Waals surface area contributed by atoms with Crippen LogP contribution in [0.3, 0.4) is 0 Å². The molecule has 1 aromatic heterocycles. The lowest BCUT2D eigenvalue weighted by molar-refractivity contribution is -0.346. The molecule has 0 spiro atoms. The van der Waals surface area contributed by atoms with E-state index in [4.69, 9.17) is 11.6 Å². The van der Waals surface area contributed by atoms with Crippen molar-refractivity contribution in [3.05, 3.63) is 55.0 Å². The molecule has 0 saturated carbocycles. The number of thiazole rings is 1. The lowest BCUT2D eigenvalue weighted by Gasteiger charge is -2.16. The maximum absolute atomic E-state index is 11.6. The number of aromatic nitrogens is 1. The summed E-state index contributed by atoms with van der Waals surface area (Å²) >= 11 is 7.20. The van der Waals surface area contributed by atoms with Gasteiger partial charge in [-0.15, -0.1) is 11.3 Å². The van der Waals surface area contributed by atoms with Gasteiger partial charge in [0.1, 0.15) is 0 Å². The number of benzene rings is 1. The number of aliphatic imine (C=N–C) groups is 1. The fourth-order valence-corrected chi connectivity index (χ4v) is 3.66. The molecule has 136 valence electrons. The molecular formula is C16H17ClN6O2S. The second-order valence-electron chi connectivity index (χ2n) is 5.78. The number of nitrogens with zero attached hydrogens (tertiary/aromatic N) is 5. The fourth-order valence-electron chi connectivity index (χ4n) is 2.67. The molecule has 10 heteroatoms. The molecule has 0 atom stereocenters. The average Bonchev–Trinajstić information content (AvgIpc) is 3.19. The van der Waals surface area contributed by atoms with E-state index in [1.165, 1.54) is 11.3 Å². The Morgan fingerprint density at radius 1 is 1.46 bits per heavy atom. The predicted octanol–water partition coefficient (Wildman–Crippen LogP) is 3.33. The van der Waals surface area contributed by atoms with Gasteiger partial charge in [0.15, 0.2) is 4.47 Å². The first kappa shape index (κ1) is 18.3. The van der Waals surface area contributed by atoms with Crippen molar-refractivity contribution in [2.45, 2.75) is 20.4 Å². The standard InChI is InChI=1S/C16H17ClN6O2S/c1-10-4-3-5-11(2)13(10)20-21-15(23(24)25)14-18-6-7-22(14)9-12-8-19-16(17)26-12/h3-5,8,20H,6-7,9H2,1-2H3/b21-15-. The van der Waals surface area contributed by atoms with E-state index in [9.17, 15) is 10.1 Å². The zero-order chi connectivity index (χ0) is 18.7. The number of nitro groups is 1. The summed E-state index contributed by atoms with van der Waals surface area (Å²) < 4.78 is 0.442. The lowest BCUT2D eigenvalue weighted by Crippen LogP contribution is -2.37. The minimum Gasteiger partial charge on any atom is -0.358 e. The Kier molecular flexibility index (Phi) is 5.48. The SMILES string of the molecule is Cc1cccc(C)c1N/N=C(/C1=NCCN1Cc1cnc(Cl)s1)[N+](=O)[O-]. The van der Waals surface area contributed by atoms with Crippen molar-refractivity contribution in [1.29, 1.82) is 0 Å². The van der Waals surface area contributed by atoms with Gasteiger partial charge in [-0.3, -0.25) is 4.99 Å². The number of aryl methyl sites for hydroxylation is 2. The zero-order valence-electron chi connectivity index (χ0n) is 14.3. The molecular weight excluding hydrogens is 376 g/mol. The highest BCUT2D eigenvalue weighted by molar-refractivity contribution is 7.15. The third-order valence-corrected chi connectivity index (χ3v) is 5.03. The van der Waals surface area contributed by atoms with Gasteiger partial charge in [0.25, 0.3) is 0 Å². The quantitative estimate of drug-likeness (QED) is 0.364. The molecule has 1 N–H and O–H groups in total. The first-order chi connectivity index (χ1) is 12.5. The molecule has 0 fully saturated rings. The molecule has 2 aromatic rings. The molecule has 8 nitrogen and oxygen atoms in total. The first-order valence-electron chi connectivity index (χ1n) is 7.90. The Morgan fingerprint density at radius 2 is 2.19 bits per heavy atom. The number of hydrogen-bond donors (Lipinski definition) is 1. The van der Waals surface area contributed by atoms with Gasteiger partial charge in [-0.05, 0) is 29.9 Å². The summed E-state index contributed by atoms with van der Waals surface area (Å²) in [6.45, 7) is 5.37. The van der Waals surface area contributed by atoms with Crippen molar-refractivity contribution >= 4 is 40.3 Å². The second-order valence-corrected chi connectivity index (χ2v) is 7.47. The van der Waals surface area contributed by atoms with Crippen molar-refractivity contribution in [2.75, 3.05) is 18.5 Å². The number of nitrogens with one attached hydrogen (secondary N) is 1. The molecule has 26 heavy (non-hydrogen) atoms. The van der Waals surface area contributed by atoms with Gasteiger partial charge in [-0.2, -0.15) is 5.43 Å². The third kappa shape index (κ3) is 4.00. The number of amidine groups is 2. The van der Waals surface area contributed by atoms with E-state index >= 15 is 0 Å². The van der Waals surface area contributed by atoms with Crippen LogP contribution in [0.25, 0.3) is 0 Å². The Morgan fingerprint density at radius 3 is 2.81 bits per heavy atom. The van der Waals surface area contributed by atoms with Crippen molar-refractivity contribution in [3.8, 4) is 0 Å². The van der Waals surface area contributed by atoms with Gasteiger partial charge in [-0.1, -0.05) is 29.8 Å². The van der Waals surface area contributed by atoms with Crippen LogP contribution in [0.15, 0.2) is 34.5 Å². The Balaban J connectivity index is 1.83. The number of rotatable bonds is 5. The van der Waals surface area contributed by atoms with Crippen molar-refractivity contribution in [3.63, 3.8) is 0 Å². The van der Waals surface area contributed by atoms with Crippen LogP contribution in [0.5, 0.6) is 0 Å². The molecule has 1 aliphatic heterocycles. The highest BCUT2D eigenvalue weighted by Crippen LogP contribution is 2.22. The molecule has 3 rings (SSSR count). The molecule has 0 aliphatic carbocycles. The van der Waals surface area contributed by atoms with E-state index in [0.29, 0.717) is 24.1 Å². The van der Waals surface area contributed by atoms with Gasteiger partial charge in [0, 0.05) is 17.6 Å². The molecule has 0 unspecified atom stereocenters. The molecule has 2 heterocycles. The number of anilines is 1. The van der Waals surface area contributed by atoms with Gasteiger partial charge >= 0.3 is 5.84 Å². The summed E-state index contributed by atoms with van der Waals surface area (Å²) in [5.41, 5.74) is 5.51. The minimum absolute atomic E-state index is 0.262. The van der Waals surface area contributed by atoms with E-state index < -0.39 is 4.92 Å². The second kappa shape index (κ2) is 7.79. The molecule has 0 bridgehead atoms. The van der Waals surface area contributed by atoms with E-state index in [-0.39, 0.29) is 11.7 Å². The summed E-state index contributed by atoms with van der Waals surface area (Å²) in [6, 6.07) is 5.77. The summed E-state index contributed by atoms with van der Waals surface area (Å²) in [7, 11) is 0. The predicted molar refractivity (Wildman–Crippen MR) is 104 cm³/mol. The minimum atomic E-state index is -0.516. The highest BCUT2D eigenvalue weighted by Gasteiger charge is 2.31. The Bertz CT molecular complexity index is 874. The van der Waals surface area contributed by atoms with Crippen LogP contribution >= 0.6 is 22.9 Å². The van der Waals surface area contributed by atoms with Crippen LogP contribution in [0.4, 0.5) is 5.69 Å². The van der Waals surface area contributed by atoms with Crippen LogP contribution in [-0.4, -0.2) is 39.6 Å². The van der Waals surface area contributed by atoms with Crippen LogP contribution in [0.2, 0.25) is 4.47 Å². The van der Waals surface area contributed by atoms with Crippen molar-refractivity contribution in [2.24, 2.45) is 10.1 Å². The summed E-state index contributed by atoms with van der Waals surface area (Å²) in [5.74, 6) is -0.0426. The number of hydrogen-bond acceptors (Lipinski definition) is 8. The molecule has 0 saturated heterocycles. The fraction of sp³-hybridized carbons (Fsp3) is 0.312. The van der Waals surface area contributed by atoms with Crippen LogP contribution < -0.4 is 5.43 Å². The number of para-hydroxylation sites is 1. The molecule has 1 aromatic carbocycles. The summed E-state index contributed by atoms with van der Waals surface area (Å²) in [5, 5.41) is 15.6. The molecule has 1 aliphatic rings. The Hall–Kier alpha value is -2.52. The Labute approximate surface area is 159 Å². The highest BCUT2D eigenvalue weighted by atomic mass is 35.5. The van der Waals surface area contributed by atoms with Gasteiger partial charge in [-0.25, -0.2) is 4.98 Å². The van der Waals surface area contributed by atoms with Gasteiger partial charge in [0.2, 0.25) is 5.84 Å². The van der Waals surface area contributed by atoms with Gasteiger partial charge in [0.05, 0.1) is 23.9 Å². The maximum Gasteiger partial charge on any atom is 0.430 e. The largest absolute Gasteiger partial charge is 0.430 e. The normalized spacial score (nSPS) is 14.5. The van der Waals surface area contributed by atoms with Crippen LogP contribution in [0.1, 0.15) is 16.0 Å². The zero-order valence-corrected chi connectivity index (χ0v) is 15.8. The smallest absolute Gasteiger partial charge is 0.358 e. The maximum atomic E-state index is 11.6. The monoisotopic (exact) mass is 392 g/mol. The third-order valence-electron chi connectivity index (χ3n) is 3.93. The van der Waals surface area contributed by atoms with E-state index in [2.05, 4.69) is 20.5 Å². The average molecular weight is 393 g/mol. The van der Waals surface area contributed by atoms with Crippen molar-refractivity contribution < 1.29 is 4.92 Å². The molecule has 0 radical (unpaired) electrons. The first-order valence-corrected chi connectivity index (χ1v) is 9.09. The van der Waals surface area contributed by atoms with E-state index in [1.807, 2.05) is 36.9 Å².